The number of hydrogen-bond acceptors (Lipinski definition) is 4. The number of aliphatic carboxylic acids is 1. The van der Waals surface area contributed by atoms with E-state index in [-0.39, 0.29) is 18.1 Å². The molecule has 0 radical (unpaired) electrons. The average Bonchev–Trinajstić information content (AvgIpc) is 2.65. The molecule has 0 saturated carbocycles. The molecule has 0 fully saturated rings. The Bertz CT molecular complexity index is 831. The Kier molecular flexibility index (Phi) is 5.61. The summed E-state index contributed by atoms with van der Waals surface area (Å²) < 4.78 is 6.14. The minimum Gasteiger partial charge on any atom is -0.488 e. The normalized spacial score (nSPS) is 15.8. The van der Waals surface area contributed by atoms with Gasteiger partial charge in [0.15, 0.2) is 0 Å². The van der Waals surface area contributed by atoms with Gasteiger partial charge in [-0.3, -0.25) is 9.59 Å². The lowest BCUT2D eigenvalue weighted by Crippen LogP contribution is -2.39. The number of likely N-dealkylation sites (N-methyl/N-ethyl adjacent to an activating group) is 1. The number of carbonyl (C=O) groups is 1. The highest BCUT2D eigenvalue weighted by atomic mass is 16.5. The van der Waals surface area contributed by atoms with E-state index in [9.17, 15) is 9.59 Å². The minimum absolute atomic E-state index is 0.0203. The molecule has 26 heavy (non-hydrogen) atoms. The summed E-state index contributed by atoms with van der Waals surface area (Å²) in [5.74, 6) is 0.0768. The largest absolute Gasteiger partial charge is 0.488 e. The van der Waals surface area contributed by atoms with Crippen LogP contribution in [-0.4, -0.2) is 35.3 Å². The number of H-pyrrole nitrogens is 1. The number of carboxylic acids is 1. The van der Waals surface area contributed by atoms with E-state index in [0.29, 0.717) is 18.7 Å². The second kappa shape index (κ2) is 8.08. The monoisotopic (exact) mass is 356 g/mol. The summed E-state index contributed by atoms with van der Waals surface area (Å²) in [6.07, 6.45) is 4.09. The van der Waals surface area contributed by atoms with Gasteiger partial charge in [0, 0.05) is 19.2 Å². The maximum absolute atomic E-state index is 12.0. The van der Waals surface area contributed by atoms with Gasteiger partial charge in [-0.15, -0.1) is 0 Å². The Hall–Kier alpha value is -2.76. The van der Waals surface area contributed by atoms with Crippen molar-refractivity contribution in [2.45, 2.75) is 38.7 Å². The molecule has 0 saturated heterocycles. The smallest absolute Gasteiger partial charge is 0.303 e. The average molecular weight is 356 g/mol. The number of nitrogens with one attached hydrogen (secondary N) is 1. The second-order valence-corrected chi connectivity index (χ2v) is 6.54. The van der Waals surface area contributed by atoms with Gasteiger partial charge in [0.1, 0.15) is 17.5 Å². The Morgan fingerprint density at radius 2 is 2.23 bits per heavy atom. The van der Waals surface area contributed by atoms with Crippen molar-refractivity contribution >= 4 is 11.7 Å². The quantitative estimate of drug-likeness (QED) is 0.797. The van der Waals surface area contributed by atoms with Gasteiger partial charge in [-0.1, -0.05) is 12.1 Å². The molecule has 0 bridgehead atoms. The fraction of sp³-hybridized carbons (Fsp3) is 0.400. The molecule has 138 valence electrons. The van der Waals surface area contributed by atoms with E-state index in [1.807, 2.05) is 42.2 Å². The van der Waals surface area contributed by atoms with Crippen LogP contribution >= 0.6 is 0 Å². The number of aromatic amines is 1. The SMILES string of the molecule is CCN(CC1CCc2cc(CCC(=O)O)ccc2O1)c1ccc[nH]c1=O. The number of pyridine rings is 1. The molecule has 6 nitrogen and oxygen atoms in total. The Morgan fingerprint density at radius 1 is 1.38 bits per heavy atom. The number of anilines is 1. The molecule has 1 aliphatic rings. The Labute approximate surface area is 152 Å². The molecule has 0 spiro atoms. The van der Waals surface area contributed by atoms with Crippen LogP contribution in [0.25, 0.3) is 0 Å². The fourth-order valence-corrected chi connectivity index (χ4v) is 3.34. The summed E-state index contributed by atoms with van der Waals surface area (Å²) in [7, 11) is 0. The topological polar surface area (TPSA) is 82.6 Å². The van der Waals surface area contributed by atoms with Crippen LogP contribution in [0.4, 0.5) is 5.69 Å². The van der Waals surface area contributed by atoms with E-state index in [1.54, 1.807) is 6.20 Å². The third kappa shape index (κ3) is 4.25. The summed E-state index contributed by atoms with van der Waals surface area (Å²) in [6.45, 7) is 3.41. The maximum Gasteiger partial charge on any atom is 0.303 e. The zero-order valence-corrected chi connectivity index (χ0v) is 14.9. The van der Waals surface area contributed by atoms with Gasteiger partial charge < -0.3 is 19.7 Å². The van der Waals surface area contributed by atoms with Crippen molar-refractivity contribution in [2.24, 2.45) is 0 Å². The molecule has 2 N–H and O–H groups in total. The number of aryl methyl sites for hydroxylation is 2. The van der Waals surface area contributed by atoms with Crippen molar-refractivity contribution in [1.82, 2.24) is 4.98 Å². The molecule has 3 rings (SSSR count). The Morgan fingerprint density at radius 3 is 2.96 bits per heavy atom. The zero-order chi connectivity index (χ0) is 18.5. The van der Waals surface area contributed by atoms with Crippen molar-refractivity contribution in [3.8, 4) is 5.75 Å². The summed E-state index contributed by atoms with van der Waals surface area (Å²) in [5.41, 5.74) is 2.73. The molecular formula is C20H24N2O4. The van der Waals surface area contributed by atoms with E-state index < -0.39 is 5.97 Å². The lowest BCUT2D eigenvalue weighted by molar-refractivity contribution is -0.136. The van der Waals surface area contributed by atoms with Crippen LogP contribution in [0.5, 0.6) is 5.75 Å². The molecule has 0 aliphatic carbocycles. The van der Waals surface area contributed by atoms with Crippen molar-refractivity contribution < 1.29 is 14.6 Å². The van der Waals surface area contributed by atoms with Crippen LogP contribution in [0.1, 0.15) is 30.9 Å². The van der Waals surface area contributed by atoms with Crippen LogP contribution < -0.4 is 15.2 Å². The maximum atomic E-state index is 12.0. The van der Waals surface area contributed by atoms with Crippen LogP contribution in [-0.2, 0) is 17.6 Å². The first-order valence-corrected chi connectivity index (χ1v) is 8.99. The number of fused-ring (bicyclic) bond motifs is 1. The van der Waals surface area contributed by atoms with Crippen LogP contribution in [0.3, 0.4) is 0 Å². The summed E-state index contributed by atoms with van der Waals surface area (Å²) in [5, 5.41) is 8.81. The highest BCUT2D eigenvalue weighted by molar-refractivity contribution is 5.67. The lowest BCUT2D eigenvalue weighted by atomic mass is 9.98. The van der Waals surface area contributed by atoms with Crippen LogP contribution in [0, 0.1) is 0 Å². The predicted octanol–water partition coefficient (Wildman–Crippen LogP) is 2.61. The molecule has 1 aromatic heterocycles. The molecule has 2 heterocycles. The molecule has 0 amide bonds. The van der Waals surface area contributed by atoms with Gasteiger partial charge >= 0.3 is 5.97 Å². The molecule has 1 aromatic carbocycles. The number of aromatic nitrogens is 1. The van der Waals surface area contributed by atoms with Gasteiger partial charge in [0.25, 0.3) is 5.56 Å². The van der Waals surface area contributed by atoms with Crippen LogP contribution in [0.15, 0.2) is 41.3 Å². The first-order chi connectivity index (χ1) is 12.6. The van der Waals surface area contributed by atoms with Crippen molar-refractivity contribution in [2.75, 3.05) is 18.0 Å². The van der Waals surface area contributed by atoms with Crippen LogP contribution in [0.2, 0.25) is 0 Å². The van der Waals surface area contributed by atoms with Crippen molar-refractivity contribution in [3.05, 3.63) is 58.0 Å². The first kappa shape index (κ1) is 18.0. The van der Waals surface area contributed by atoms with Gasteiger partial charge in [0.2, 0.25) is 0 Å². The van der Waals surface area contributed by atoms with Gasteiger partial charge in [-0.25, -0.2) is 0 Å². The molecule has 1 unspecified atom stereocenters. The van der Waals surface area contributed by atoms with E-state index >= 15 is 0 Å². The molecule has 2 aromatic rings. The van der Waals surface area contributed by atoms with E-state index in [1.165, 1.54) is 0 Å². The standard InChI is InChI=1S/C20H24N2O4/c1-2-22(17-4-3-11-21-20(17)25)13-16-8-7-15-12-14(6-10-19(23)24)5-9-18(15)26-16/h3-5,9,11-12,16H,2,6-8,10,13H2,1H3,(H,21,25)(H,23,24). The van der Waals surface area contributed by atoms with E-state index in [4.69, 9.17) is 9.84 Å². The molecular weight excluding hydrogens is 332 g/mol. The minimum atomic E-state index is -0.783. The highest BCUT2D eigenvalue weighted by Crippen LogP contribution is 2.29. The highest BCUT2D eigenvalue weighted by Gasteiger charge is 2.23. The number of rotatable bonds is 7. The molecule has 1 aliphatic heterocycles. The first-order valence-electron chi connectivity index (χ1n) is 8.99. The second-order valence-electron chi connectivity index (χ2n) is 6.54. The summed E-state index contributed by atoms with van der Waals surface area (Å²) >= 11 is 0. The third-order valence-electron chi connectivity index (χ3n) is 4.73. The van der Waals surface area contributed by atoms with E-state index in [2.05, 4.69) is 4.98 Å². The van der Waals surface area contributed by atoms with Crippen molar-refractivity contribution in [3.63, 3.8) is 0 Å². The Balaban J connectivity index is 1.67. The number of benzene rings is 1. The molecule has 6 heteroatoms. The number of carboxylic acid groups (broad SMARTS) is 1. The summed E-state index contributed by atoms with van der Waals surface area (Å²) in [6, 6.07) is 9.57. The molecule has 1 atom stereocenters. The number of nitrogens with zero attached hydrogens (tertiary/aromatic N) is 1. The zero-order valence-electron chi connectivity index (χ0n) is 14.9. The number of ether oxygens (including phenoxy) is 1. The third-order valence-corrected chi connectivity index (χ3v) is 4.73. The number of hydrogen-bond donors (Lipinski definition) is 2. The van der Waals surface area contributed by atoms with Gasteiger partial charge in [-0.2, -0.15) is 0 Å². The van der Waals surface area contributed by atoms with Gasteiger partial charge in [0.05, 0.1) is 6.54 Å². The van der Waals surface area contributed by atoms with Gasteiger partial charge in [-0.05, 0) is 55.5 Å². The van der Waals surface area contributed by atoms with Crippen molar-refractivity contribution in [1.29, 1.82) is 0 Å². The van der Waals surface area contributed by atoms with E-state index in [0.717, 1.165) is 36.3 Å². The summed E-state index contributed by atoms with van der Waals surface area (Å²) in [4.78, 5) is 27.5. The lowest BCUT2D eigenvalue weighted by Gasteiger charge is -2.31. The fourth-order valence-electron chi connectivity index (χ4n) is 3.34. The predicted molar refractivity (Wildman–Crippen MR) is 100 cm³/mol.